The predicted molar refractivity (Wildman–Crippen MR) is 51.8 cm³/mol. The maximum atomic E-state index is 11.6. The molecule has 1 aliphatic heterocycles. The van der Waals surface area contributed by atoms with Gasteiger partial charge in [0.05, 0.1) is 18.1 Å². The summed E-state index contributed by atoms with van der Waals surface area (Å²) in [4.78, 5) is 11.6. The number of hydrogen-bond donors (Lipinski definition) is 0. The van der Waals surface area contributed by atoms with Crippen LogP contribution in [0.1, 0.15) is 26.2 Å². The van der Waals surface area contributed by atoms with Crippen LogP contribution in [0.25, 0.3) is 0 Å². The second-order valence-electron chi connectivity index (χ2n) is 4.00. The van der Waals surface area contributed by atoms with Gasteiger partial charge in [0.1, 0.15) is 6.10 Å². The van der Waals surface area contributed by atoms with Crippen LogP contribution < -0.4 is 0 Å². The molecule has 0 aromatic heterocycles. The molecule has 1 heterocycles. The second kappa shape index (κ2) is 3.73. The normalized spacial score (nSPS) is 35.9. The largest absolute Gasteiger partial charge is 0.458 e. The smallest absolute Gasteiger partial charge is 0.309 e. The van der Waals surface area contributed by atoms with Crippen molar-refractivity contribution in [3.63, 3.8) is 0 Å². The van der Waals surface area contributed by atoms with E-state index >= 15 is 0 Å². The SMILES string of the molecule is C=CC(CC)OC(=O)C1CC2OC2C1. The van der Waals surface area contributed by atoms with Crippen molar-refractivity contribution in [3.05, 3.63) is 12.7 Å². The Balaban J connectivity index is 1.80. The zero-order chi connectivity index (χ0) is 10.1. The third kappa shape index (κ3) is 1.82. The van der Waals surface area contributed by atoms with Crippen molar-refractivity contribution in [1.29, 1.82) is 0 Å². The number of rotatable bonds is 4. The predicted octanol–water partition coefficient (Wildman–Crippen LogP) is 1.67. The summed E-state index contributed by atoms with van der Waals surface area (Å²) in [7, 11) is 0. The molecule has 14 heavy (non-hydrogen) atoms. The van der Waals surface area contributed by atoms with E-state index in [1.807, 2.05) is 6.92 Å². The highest BCUT2D eigenvalue weighted by Crippen LogP contribution is 2.42. The second-order valence-corrected chi connectivity index (χ2v) is 4.00. The van der Waals surface area contributed by atoms with E-state index in [1.165, 1.54) is 0 Å². The highest BCUT2D eigenvalue weighted by molar-refractivity contribution is 5.73. The molecule has 0 aromatic carbocycles. The molecule has 0 aromatic rings. The fraction of sp³-hybridized carbons (Fsp3) is 0.727. The minimum atomic E-state index is -0.125. The number of epoxide rings is 1. The highest BCUT2D eigenvalue weighted by Gasteiger charge is 2.50. The Morgan fingerprint density at radius 2 is 2.29 bits per heavy atom. The van der Waals surface area contributed by atoms with Crippen molar-refractivity contribution in [2.45, 2.75) is 44.5 Å². The first-order valence-corrected chi connectivity index (χ1v) is 5.23. The number of carbonyl (C=O) groups is 1. The molecule has 3 atom stereocenters. The van der Waals surface area contributed by atoms with Gasteiger partial charge in [-0.3, -0.25) is 4.79 Å². The molecule has 1 saturated heterocycles. The van der Waals surface area contributed by atoms with Crippen molar-refractivity contribution in [2.24, 2.45) is 5.92 Å². The van der Waals surface area contributed by atoms with Gasteiger partial charge < -0.3 is 9.47 Å². The first-order chi connectivity index (χ1) is 6.74. The molecule has 1 aliphatic carbocycles. The van der Waals surface area contributed by atoms with E-state index in [0.717, 1.165) is 19.3 Å². The van der Waals surface area contributed by atoms with E-state index in [2.05, 4.69) is 6.58 Å². The molecule has 0 spiro atoms. The molecule has 3 nitrogen and oxygen atoms in total. The molecule has 0 bridgehead atoms. The van der Waals surface area contributed by atoms with Crippen molar-refractivity contribution in [3.8, 4) is 0 Å². The summed E-state index contributed by atoms with van der Waals surface area (Å²) < 4.78 is 10.6. The Morgan fingerprint density at radius 3 is 2.79 bits per heavy atom. The number of esters is 1. The first-order valence-electron chi connectivity index (χ1n) is 5.23. The third-order valence-electron chi connectivity index (χ3n) is 2.99. The molecule has 3 heteroatoms. The van der Waals surface area contributed by atoms with Gasteiger partial charge in [-0.1, -0.05) is 19.6 Å². The Kier molecular flexibility index (Phi) is 2.59. The fourth-order valence-electron chi connectivity index (χ4n) is 1.99. The number of fused-ring (bicyclic) bond motifs is 1. The van der Waals surface area contributed by atoms with E-state index in [-0.39, 0.29) is 18.0 Å². The monoisotopic (exact) mass is 196 g/mol. The molecule has 78 valence electrons. The summed E-state index contributed by atoms with van der Waals surface area (Å²) in [5, 5.41) is 0. The quantitative estimate of drug-likeness (QED) is 0.390. The highest BCUT2D eigenvalue weighted by atomic mass is 16.6. The van der Waals surface area contributed by atoms with Crippen LogP contribution in [0.3, 0.4) is 0 Å². The van der Waals surface area contributed by atoms with Crippen molar-refractivity contribution < 1.29 is 14.3 Å². The zero-order valence-electron chi connectivity index (χ0n) is 8.44. The third-order valence-corrected chi connectivity index (χ3v) is 2.99. The minimum absolute atomic E-state index is 0.0627. The molecule has 2 fully saturated rings. The average molecular weight is 196 g/mol. The number of hydrogen-bond acceptors (Lipinski definition) is 3. The van der Waals surface area contributed by atoms with Gasteiger partial charge in [-0.05, 0) is 19.3 Å². The van der Waals surface area contributed by atoms with E-state index in [0.29, 0.717) is 12.2 Å². The van der Waals surface area contributed by atoms with Gasteiger partial charge in [0.15, 0.2) is 0 Å². The van der Waals surface area contributed by atoms with Gasteiger partial charge in [0.2, 0.25) is 0 Å². The van der Waals surface area contributed by atoms with Gasteiger partial charge in [-0.2, -0.15) is 0 Å². The Morgan fingerprint density at radius 1 is 1.64 bits per heavy atom. The van der Waals surface area contributed by atoms with Crippen LogP contribution in [-0.4, -0.2) is 24.3 Å². The molecule has 2 aliphatic rings. The molecule has 3 unspecified atom stereocenters. The van der Waals surface area contributed by atoms with Gasteiger partial charge in [0.25, 0.3) is 0 Å². The lowest BCUT2D eigenvalue weighted by molar-refractivity contribution is -0.152. The average Bonchev–Trinajstić information content (AvgIpc) is 2.82. The van der Waals surface area contributed by atoms with Crippen LogP contribution in [0.15, 0.2) is 12.7 Å². The van der Waals surface area contributed by atoms with Gasteiger partial charge in [-0.25, -0.2) is 0 Å². The molecule has 2 rings (SSSR count). The maximum absolute atomic E-state index is 11.6. The van der Waals surface area contributed by atoms with Gasteiger partial charge in [-0.15, -0.1) is 0 Å². The van der Waals surface area contributed by atoms with Crippen LogP contribution >= 0.6 is 0 Å². The van der Waals surface area contributed by atoms with Crippen LogP contribution in [-0.2, 0) is 14.3 Å². The standard InChI is InChI=1S/C11H16O3/c1-3-8(4-2)13-11(12)7-5-9-10(6-7)14-9/h3,7-10H,1,4-6H2,2H3. The van der Waals surface area contributed by atoms with Crippen LogP contribution in [0, 0.1) is 5.92 Å². The van der Waals surface area contributed by atoms with E-state index < -0.39 is 0 Å². The van der Waals surface area contributed by atoms with Gasteiger partial charge >= 0.3 is 5.97 Å². The number of carbonyl (C=O) groups excluding carboxylic acids is 1. The van der Waals surface area contributed by atoms with Crippen LogP contribution in [0.2, 0.25) is 0 Å². The maximum Gasteiger partial charge on any atom is 0.309 e. The van der Waals surface area contributed by atoms with E-state index in [1.54, 1.807) is 6.08 Å². The summed E-state index contributed by atoms with van der Waals surface area (Å²) in [6, 6.07) is 0. The Labute approximate surface area is 84.1 Å². The number of ether oxygens (including phenoxy) is 2. The van der Waals surface area contributed by atoms with E-state index in [4.69, 9.17) is 9.47 Å². The van der Waals surface area contributed by atoms with Crippen molar-refractivity contribution in [2.75, 3.05) is 0 Å². The van der Waals surface area contributed by atoms with E-state index in [9.17, 15) is 4.79 Å². The Hall–Kier alpha value is -0.830. The van der Waals surface area contributed by atoms with Gasteiger partial charge in [0, 0.05) is 0 Å². The molecular weight excluding hydrogens is 180 g/mol. The molecule has 0 amide bonds. The summed E-state index contributed by atoms with van der Waals surface area (Å²) in [6.07, 6.45) is 4.73. The zero-order valence-corrected chi connectivity index (χ0v) is 8.44. The van der Waals surface area contributed by atoms with Crippen molar-refractivity contribution in [1.82, 2.24) is 0 Å². The topological polar surface area (TPSA) is 38.8 Å². The lowest BCUT2D eigenvalue weighted by Crippen LogP contribution is -2.22. The minimum Gasteiger partial charge on any atom is -0.458 e. The summed E-state index contributed by atoms with van der Waals surface area (Å²) in [6.45, 7) is 5.61. The molecule has 0 radical (unpaired) electrons. The van der Waals surface area contributed by atoms with Crippen LogP contribution in [0.5, 0.6) is 0 Å². The lowest BCUT2D eigenvalue weighted by Gasteiger charge is -2.15. The molecule has 0 N–H and O–H groups in total. The van der Waals surface area contributed by atoms with Crippen molar-refractivity contribution >= 4 is 5.97 Å². The fourth-order valence-corrected chi connectivity index (χ4v) is 1.99. The van der Waals surface area contributed by atoms with Crippen LogP contribution in [0.4, 0.5) is 0 Å². The molecular formula is C11H16O3. The summed E-state index contributed by atoms with van der Waals surface area (Å²) in [5.41, 5.74) is 0. The summed E-state index contributed by atoms with van der Waals surface area (Å²) >= 11 is 0. The first kappa shape index (κ1) is 9.71. The lowest BCUT2D eigenvalue weighted by atomic mass is 10.1. The molecule has 1 saturated carbocycles. The summed E-state index contributed by atoms with van der Waals surface area (Å²) in [5.74, 6) is -0.0136. The Bertz CT molecular complexity index is 239.